The number of urea groups is 1. The van der Waals surface area contributed by atoms with Crippen LogP contribution in [0.4, 0.5) is 4.79 Å². The van der Waals surface area contributed by atoms with E-state index in [9.17, 15) is 19.5 Å². The third-order valence-corrected chi connectivity index (χ3v) is 4.96. The van der Waals surface area contributed by atoms with Crippen LogP contribution in [0.1, 0.15) is 22.7 Å². The lowest BCUT2D eigenvalue weighted by Gasteiger charge is -2.25. The minimum Gasteiger partial charge on any atom is -0.508 e. The van der Waals surface area contributed by atoms with Gasteiger partial charge in [0, 0.05) is 17.1 Å². The molecule has 1 fully saturated rings. The Morgan fingerprint density at radius 3 is 2.50 bits per heavy atom. The number of benzene rings is 1. The summed E-state index contributed by atoms with van der Waals surface area (Å²) < 4.78 is 7.16. The normalized spacial score (nSPS) is 15.7. The van der Waals surface area contributed by atoms with Crippen molar-refractivity contribution in [1.29, 1.82) is 0 Å². The zero-order valence-electron chi connectivity index (χ0n) is 16.4. The number of hydrogen-bond acceptors (Lipinski definition) is 5. The van der Waals surface area contributed by atoms with E-state index in [0.717, 1.165) is 22.0 Å². The fourth-order valence-electron chi connectivity index (χ4n) is 3.48. The number of amides is 4. The smallest absolute Gasteiger partial charge is 0.331 e. The van der Waals surface area contributed by atoms with Gasteiger partial charge in [-0.2, -0.15) is 0 Å². The number of phenolic OH excluding ortho intramolecular Hbond substituents is 1. The van der Waals surface area contributed by atoms with Crippen LogP contribution in [0.5, 0.6) is 5.75 Å². The van der Waals surface area contributed by atoms with E-state index < -0.39 is 17.8 Å². The molecule has 3 heterocycles. The SMILES string of the molecule is Cc1cc(C=C2C(=O)NC(=O)N(Cc3ccco3)C2=O)c(C)n1-c1ccc(O)cc1. The average Bonchev–Trinajstić information content (AvgIpc) is 3.31. The Morgan fingerprint density at radius 1 is 1.10 bits per heavy atom. The Balaban J connectivity index is 1.70. The van der Waals surface area contributed by atoms with Crippen LogP contribution in [0.15, 0.2) is 58.7 Å². The Hall–Kier alpha value is -4.07. The summed E-state index contributed by atoms with van der Waals surface area (Å²) in [5.74, 6) is -0.836. The molecule has 4 amide bonds. The lowest BCUT2D eigenvalue weighted by atomic mass is 10.1. The highest BCUT2D eigenvalue weighted by atomic mass is 16.3. The molecule has 1 aromatic carbocycles. The van der Waals surface area contributed by atoms with Crippen molar-refractivity contribution in [1.82, 2.24) is 14.8 Å². The second kappa shape index (κ2) is 7.40. The van der Waals surface area contributed by atoms with Crippen molar-refractivity contribution in [2.24, 2.45) is 0 Å². The van der Waals surface area contributed by atoms with Crippen LogP contribution in [0.25, 0.3) is 11.8 Å². The molecule has 8 nitrogen and oxygen atoms in total. The van der Waals surface area contributed by atoms with E-state index >= 15 is 0 Å². The summed E-state index contributed by atoms with van der Waals surface area (Å²) in [6.07, 6.45) is 2.93. The highest BCUT2D eigenvalue weighted by Crippen LogP contribution is 2.25. The highest BCUT2D eigenvalue weighted by Gasteiger charge is 2.36. The lowest BCUT2D eigenvalue weighted by Crippen LogP contribution is -2.53. The van der Waals surface area contributed by atoms with Gasteiger partial charge in [0.1, 0.15) is 17.1 Å². The summed E-state index contributed by atoms with van der Waals surface area (Å²) in [7, 11) is 0. The second-order valence-corrected chi connectivity index (χ2v) is 6.97. The number of carbonyl (C=O) groups excluding carboxylic acids is 3. The number of aromatic hydroxyl groups is 1. The predicted octanol–water partition coefficient (Wildman–Crippen LogP) is 3.05. The molecule has 0 aliphatic carbocycles. The zero-order valence-corrected chi connectivity index (χ0v) is 16.4. The molecule has 0 saturated carbocycles. The summed E-state index contributed by atoms with van der Waals surface area (Å²) >= 11 is 0. The summed E-state index contributed by atoms with van der Waals surface area (Å²) in [5.41, 5.74) is 3.07. The van der Waals surface area contributed by atoms with E-state index in [4.69, 9.17) is 4.42 Å². The van der Waals surface area contributed by atoms with Gasteiger partial charge in [-0.3, -0.25) is 19.8 Å². The van der Waals surface area contributed by atoms with E-state index in [1.165, 1.54) is 12.3 Å². The number of phenols is 1. The number of rotatable bonds is 4. The highest BCUT2D eigenvalue weighted by molar-refractivity contribution is 6.31. The quantitative estimate of drug-likeness (QED) is 0.513. The van der Waals surface area contributed by atoms with Crippen molar-refractivity contribution >= 4 is 23.9 Å². The number of hydrogen-bond donors (Lipinski definition) is 2. The molecule has 1 aliphatic rings. The Labute approximate surface area is 172 Å². The monoisotopic (exact) mass is 405 g/mol. The largest absolute Gasteiger partial charge is 0.508 e. The zero-order chi connectivity index (χ0) is 21.4. The Bertz CT molecular complexity index is 1170. The minimum absolute atomic E-state index is 0.0746. The number of nitrogens with one attached hydrogen (secondary N) is 1. The van der Waals surface area contributed by atoms with Gasteiger partial charge in [-0.25, -0.2) is 4.79 Å². The number of barbiturate groups is 1. The first-order valence-electron chi connectivity index (χ1n) is 9.25. The van der Waals surface area contributed by atoms with Gasteiger partial charge < -0.3 is 14.1 Å². The first kappa shape index (κ1) is 19.3. The van der Waals surface area contributed by atoms with Crippen LogP contribution in [0, 0.1) is 13.8 Å². The van der Waals surface area contributed by atoms with Crippen LogP contribution >= 0.6 is 0 Å². The van der Waals surface area contributed by atoms with E-state index in [-0.39, 0.29) is 17.9 Å². The topological polar surface area (TPSA) is 105 Å². The fraction of sp³-hybridized carbons (Fsp3) is 0.136. The van der Waals surface area contributed by atoms with E-state index in [1.807, 2.05) is 24.5 Å². The van der Waals surface area contributed by atoms with Crippen molar-refractivity contribution < 1.29 is 23.9 Å². The number of aryl methyl sites for hydroxylation is 1. The third kappa shape index (κ3) is 3.39. The van der Waals surface area contributed by atoms with Gasteiger partial charge in [0.05, 0.1) is 12.8 Å². The maximum Gasteiger partial charge on any atom is 0.331 e. The first-order chi connectivity index (χ1) is 14.3. The van der Waals surface area contributed by atoms with Gasteiger partial charge in [0.2, 0.25) is 0 Å². The first-order valence-corrected chi connectivity index (χ1v) is 9.25. The van der Waals surface area contributed by atoms with Crippen LogP contribution in [0.2, 0.25) is 0 Å². The van der Waals surface area contributed by atoms with Gasteiger partial charge in [-0.15, -0.1) is 0 Å². The van der Waals surface area contributed by atoms with Gasteiger partial charge >= 0.3 is 6.03 Å². The number of carbonyl (C=O) groups is 3. The van der Waals surface area contributed by atoms with Crippen LogP contribution in [0.3, 0.4) is 0 Å². The van der Waals surface area contributed by atoms with Gasteiger partial charge in [-0.1, -0.05) is 0 Å². The molecule has 30 heavy (non-hydrogen) atoms. The third-order valence-electron chi connectivity index (χ3n) is 4.96. The summed E-state index contributed by atoms with van der Waals surface area (Å²) in [6, 6.07) is 11.1. The second-order valence-electron chi connectivity index (χ2n) is 6.97. The maximum absolute atomic E-state index is 12.9. The molecule has 0 atom stereocenters. The molecule has 152 valence electrons. The van der Waals surface area contributed by atoms with E-state index in [0.29, 0.717) is 11.3 Å². The fourth-order valence-corrected chi connectivity index (χ4v) is 3.48. The summed E-state index contributed by atoms with van der Waals surface area (Å²) in [5, 5.41) is 11.7. The van der Waals surface area contributed by atoms with Crippen LogP contribution in [-0.4, -0.2) is 32.4 Å². The summed E-state index contributed by atoms with van der Waals surface area (Å²) in [6.45, 7) is 3.69. The Kier molecular flexibility index (Phi) is 4.75. The molecule has 3 aromatic rings. The molecular weight excluding hydrogens is 386 g/mol. The van der Waals surface area contributed by atoms with E-state index in [1.54, 1.807) is 36.4 Å². The van der Waals surface area contributed by atoms with Crippen molar-refractivity contribution in [2.45, 2.75) is 20.4 Å². The molecular formula is C22H19N3O5. The number of imide groups is 2. The van der Waals surface area contributed by atoms with Crippen LogP contribution in [-0.2, 0) is 16.1 Å². The molecule has 8 heteroatoms. The molecule has 2 aromatic heterocycles. The number of furan rings is 1. The van der Waals surface area contributed by atoms with Crippen molar-refractivity contribution in [3.63, 3.8) is 0 Å². The molecule has 0 unspecified atom stereocenters. The predicted molar refractivity (Wildman–Crippen MR) is 108 cm³/mol. The molecule has 1 saturated heterocycles. The molecule has 0 spiro atoms. The Morgan fingerprint density at radius 2 is 1.83 bits per heavy atom. The average molecular weight is 405 g/mol. The van der Waals surface area contributed by atoms with Crippen molar-refractivity contribution in [2.75, 3.05) is 0 Å². The molecule has 1 aliphatic heterocycles. The summed E-state index contributed by atoms with van der Waals surface area (Å²) in [4.78, 5) is 38.4. The number of aromatic nitrogens is 1. The standard InChI is InChI=1S/C22H19N3O5/c1-13-10-15(14(2)25(13)16-5-7-17(26)8-6-16)11-19-20(27)23-22(29)24(21(19)28)12-18-4-3-9-30-18/h3-11,26H,12H2,1-2H3,(H,23,27,29). The van der Waals surface area contributed by atoms with Gasteiger partial charge in [-0.05, 0) is 68.0 Å². The molecule has 0 radical (unpaired) electrons. The lowest BCUT2D eigenvalue weighted by molar-refractivity contribution is -0.130. The maximum atomic E-state index is 12.9. The van der Waals surface area contributed by atoms with Crippen molar-refractivity contribution in [3.8, 4) is 11.4 Å². The van der Waals surface area contributed by atoms with E-state index in [2.05, 4.69) is 5.32 Å². The van der Waals surface area contributed by atoms with Crippen molar-refractivity contribution in [3.05, 3.63) is 77.0 Å². The van der Waals surface area contributed by atoms with Gasteiger partial charge in [0.15, 0.2) is 0 Å². The molecule has 2 N–H and O–H groups in total. The number of nitrogens with zero attached hydrogens (tertiary/aromatic N) is 2. The minimum atomic E-state index is -0.784. The van der Waals surface area contributed by atoms with Crippen LogP contribution < -0.4 is 5.32 Å². The molecule has 0 bridgehead atoms. The molecule has 4 rings (SSSR count). The van der Waals surface area contributed by atoms with Gasteiger partial charge in [0.25, 0.3) is 11.8 Å².